The van der Waals surface area contributed by atoms with Crippen LogP contribution in [0.4, 0.5) is 17.6 Å². The number of rotatable bonds is 2. The number of alkyl halides is 1. The summed E-state index contributed by atoms with van der Waals surface area (Å²) in [7, 11) is 0. The fourth-order valence-electron chi connectivity index (χ4n) is 2.76. The third-order valence-electron chi connectivity index (χ3n) is 4.13. The van der Waals surface area contributed by atoms with E-state index < -0.39 is 40.9 Å². The first-order valence-electron chi connectivity index (χ1n) is 7.22. The van der Waals surface area contributed by atoms with Crippen molar-refractivity contribution in [2.24, 2.45) is 0 Å². The third-order valence-corrected chi connectivity index (χ3v) is 5.18. The molecule has 23 heavy (non-hydrogen) atoms. The van der Waals surface area contributed by atoms with Gasteiger partial charge in [0.1, 0.15) is 11.7 Å². The first-order chi connectivity index (χ1) is 10.9. The summed E-state index contributed by atoms with van der Waals surface area (Å²) in [6.45, 7) is 0. The minimum Gasteiger partial charge on any atom is -0.458 e. The molecule has 2 fully saturated rings. The van der Waals surface area contributed by atoms with Gasteiger partial charge in [-0.2, -0.15) is 0 Å². The molecule has 8 heteroatoms. The van der Waals surface area contributed by atoms with E-state index in [1.807, 2.05) is 0 Å². The lowest BCUT2D eigenvalue weighted by molar-refractivity contribution is 0.0256. The zero-order valence-electron chi connectivity index (χ0n) is 11.8. The highest BCUT2D eigenvalue weighted by atomic mass is 79.9. The fourth-order valence-corrected chi connectivity index (χ4v) is 3.40. The van der Waals surface area contributed by atoms with Crippen LogP contribution < -0.4 is 0 Å². The molecule has 1 heterocycles. The van der Waals surface area contributed by atoms with E-state index in [9.17, 15) is 22.4 Å². The van der Waals surface area contributed by atoms with E-state index >= 15 is 0 Å². The van der Waals surface area contributed by atoms with Crippen LogP contribution >= 0.6 is 15.9 Å². The van der Waals surface area contributed by atoms with Crippen LogP contribution in [0.1, 0.15) is 36.0 Å². The molecule has 0 radical (unpaired) electrons. The number of ether oxygens (including phenoxy) is 2. The van der Waals surface area contributed by atoms with E-state index in [0.717, 1.165) is 6.42 Å². The average molecular weight is 397 g/mol. The van der Waals surface area contributed by atoms with Crippen molar-refractivity contribution in [3.8, 4) is 0 Å². The molecule has 0 unspecified atom stereocenters. The predicted molar refractivity (Wildman–Crippen MR) is 75.3 cm³/mol. The first-order valence-corrected chi connectivity index (χ1v) is 8.13. The molecule has 1 aromatic rings. The van der Waals surface area contributed by atoms with Crippen molar-refractivity contribution in [2.75, 3.05) is 0 Å². The number of halogens is 5. The standard InChI is InChI=1S/C15H13BrF4O3/c16-7-1-2-10-11(22-10)4-3-9(7)23-15(21)6-5-8(17)13(19)14(20)12(6)18/h5,7,9-11H,1-4H2/t7-,9-,10+,11-/m0/s1. The van der Waals surface area contributed by atoms with E-state index in [-0.39, 0.29) is 17.0 Å². The van der Waals surface area contributed by atoms with Gasteiger partial charge in [-0.15, -0.1) is 0 Å². The van der Waals surface area contributed by atoms with Gasteiger partial charge < -0.3 is 9.47 Å². The number of carbonyl (C=O) groups is 1. The molecule has 0 aromatic heterocycles. The van der Waals surface area contributed by atoms with E-state index in [2.05, 4.69) is 15.9 Å². The number of benzene rings is 1. The number of fused-ring (bicyclic) bond motifs is 1. The van der Waals surface area contributed by atoms with E-state index in [4.69, 9.17) is 9.47 Å². The molecule has 2 aliphatic rings. The van der Waals surface area contributed by atoms with Crippen LogP contribution in [0, 0.1) is 23.3 Å². The van der Waals surface area contributed by atoms with Crippen molar-refractivity contribution in [3.63, 3.8) is 0 Å². The molecular formula is C15H13BrF4O3. The Kier molecular flexibility index (Phi) is 4.64. The average Bonchev–Trinajstić information content (AvgIpc) is 3.26. The number of carbonyl (C=O) groups excluding carboxylic acids is 1. The maximum Gasteiger partial charge on any atom is 0.341 e. The zero-order valence-corrected chi connectivity index (χ0v) is 13.4. The second kappa shape index (κ2) is 6.39. The SMILES string of the molecule is O=C(O[C@H]1CC[C@@H]2O[C@@H]2CC[C@@H]1Br)c1cc(F)c(F)c(F)c1F. The van der Waals surface area contributed by atoms with E-state index in [1.165, 1.54) is 0 Å². The summed E-state index contributed by atoms with van der Waals surface area (Å²) in [6.07, 6.45) is 2.47. The highest BCUT2D eigenvalue weighted by Gasteiger charge is 2.42. The topological polar surface area (TPSA) is 38.8 Å². The molecule has 0 spiro atoms. The van der Waals surface area contributed by atoms with E-state index in [0.29, 0.717) is 25.3 Å². The van der Waals surface area contributed by atoms with Gasteiger partial charge in [0.2, 0.25) is 0 Å². The molecule has 1 aromatic carbocycles. The molecular weight excluding hydrogens is 384 g/mol. The molecule has 126 valence electrons. The van der Waals surface area contributed by atoms with Gasteiger partial charge >= 0.3 is 5.97 Å². The monoisotopic (exact) mass is 396 g/mol. The predicted octanol–water partition coefficient (Wildman–Crippen LogP) is 3.87. The number of hydrogen-bond acceptors (Lipinski definition) is 3. The normalized spacial score (nSPS) is 30.1. The molecule has 1 aliphatic carbocycles. The van der Waals surface area contributed by atoms with Gasteiger partial charge in [-0.05, 0) is 31.7 Å². The van der Waals surface area contributed by atoms with Gasteiger partial charge in [0.25, 0.3) is 0 Å². The van der Waals surface area contributed by atoms with Crippen LogP contribution in [0.15, 0.2) is 6.07 Å². The molecule has 0 N–H and O–H groups in total. The van der Waals surface area contributed by atoms with Crippen LogP contribution in [0.25, 0.3) is 0 Å². The van der Waals surface area contributed by atoms with Crippen LogP contribution in [-0.4, -0.2) is 29.1 Å². The van der Waals surface area contributed by atoms with Crippen molar-refractivity contribution in [3.05, 3.63) is 34.9 Å². The number of epoxide rings is 1. The Morgan fingerprint density at radius 2 is 1.70 bits per heavy atom. The minimum atomic E-state index is -2.03. The molecule has 0 bridgehead atoms. The van der Waals surface area contributed by atoms with Gasteiger partial charge in [0.15, 0.2) is 23.3 Å². The maximum absolute atomic E-state index is 13.6. The summed E-state index contributed by atoms with van der Waals surface area (Å²) in [6, 6.07) is 0.308. The Balaban J connectivity index is 1.75. The van der Waals surface area contributed by atoms with Gasteiger partial charge in [-0.25, -0.2) is 22.4 Å². The van der Waals surface area contributed by atoms with Crippen molar-refractivity contribution < 1.29 is 31.8 Å². The van der Waals surface area contributed by atoms with Crippen LogP contribution in [0.5, 0.6) is 0 Å². The van der Waals surface area contributed by atoms with Crippen molar-refractivity contribution in [1.82, 2.24) is 0 Å². The number of esters is 1. The third kappa shape index (κ3) is 3.38. The highest BCUT2D eigenvalue weighted by molar-refractivity contribution is 9.09. The van der Waals surface area contributed by atoms with Gasteiger partial charge in [0, 0.05) is 0 Å². The molecule has 3 nitrogen and oxygen atoms in total. The second-order valence-corrected chi connectivity index (χ2v) is 6.85. The molecule has 3 rings (SSSR count). The Morgan fingerprint density at radius 3 is 2.39 bits per heavy atom. The first kappa shape index (κ1) is 16.7. The molecule has 0 amide bonds. The zero-order chi connectivity index (χ0) is 16.7. The summed E-state index contributed by atoms with van der Waals surface area (Å²) in [5.41, 5.74) is -0.955. The molecule has 1 saturated heterocycles. The van der Waals surface area contributed by atoms with Crippen LogP contribution in [-0.2, 0) is 9.47 Å². The largest absolute Gasteiger partial charge is 0.458 e. The Labute approximate surface area is 138 Å². The molecule has 1 saturated carbocycles. The van der Waals surface area contributed by atoms with Gasteiger partial charge in [-0.1, -0.05) is 15.9 Å². The Bertz CT molecular complexity index is 640. The smallest absolute Gasteiger partial charge is 0.341 e. The lowest BCUT2D eigenvalue weighted by atomic mass is 9.98. The summed E-state index contributed by atoms with van der Waals surface area (Å²) in [4.78, 5) is 11.8. The van der Waals surface area contributed by atoms with Crippen molar-refractivity contribution >= 4 is 21.9 Å². The Hall–Kier alpha value is -1.15. The second-order valence-electron chi connectivity index (χ2n) is 5.68. The number of hydrogen-bond donors (Lipinski definition) is 0. The highest BCUT2D eigenvalue weighted by Crippen LogP contribution is 2.37. The van der Waals surface area contributed by atoms with Crippen molar-refractivity contribution in [2.45, 2.75) is 48.8 Å². The quantitative estimate of drug-likeness (QED) is 0.190. The lowest BCUT2D eigenvalue weighted by Gasteiger charge is -2.24. The van der Waals surface area contributed by atoms with Gasteiger partial charge in [0.05, 0.1) is 17.0 Å². The van der Waals surface area contributed by atoms with Gasteiger partial charge in [-0.3, -0.25) is 0 Å². The van der Waals surface area contributed by atoms with Crippen LogP contribution in [0.2, 0.25) is 0 Å². The molecule has 4 atom stereocenters. The summed E-state index contributed by atoms with van der Waals surface area (Å²) in [5.74, 6) is -8.60. The molecule has 1 aliphatic heterocycles. The lowest BCUT2D eigenvalue weighted by Crippen LogP contribution is -2.30. The summed E-state index contributed by atoms with van der Waals surface area (Å²) < 4.78 is 63.6. The minimum absolute atomic E-state index is 0.147. The summed E-state index contributed by atoms with van der Waals surface area (Å²) >= 11 is 3.41. The van der Waals surface area contributed by atoms with Crippen LogP contribution in [0.3, 0.4) is 0 Å². The fraction of sp³-hybridized carbons (Fsp3) is 0.533. The Morgan fingerprint density at radius 1 is 1.04 bits per heavy atom. The maximum atomic E-state index is 13.6. The van der Waals surface area contributed by atoms with E-state index in [1.54, 1.807) is 0 Å². The van der Waals surface area contributed by atoms with Crippen molar-refractivity contribution in [1.29, 1.82) is 0 Å². The summed E-state index contributed by atoms with van der Waals surface area (Å²) in [5, 5.41) is 0.